The van der Waals surface area contributed by atoms with Crippen molar-refractivity contribution in [2.24, 2.45) is 0 Å². The maximum Gasteiger partial charge on any atom is 0.0423 e. The summed E-state index contributed by atoms with van der Waals surface area (Å²) in [5.74, 6) is 0.602. The molecule has 0 amide bonds. The highest BCUT2D eigenvalue weighted by molar-refractivity contribution is 5.61. The van der Waals surface area contributed by atoms with E-state index in [1.54, 1.807) is 0 Å². The fourth-order valence-electron chi connectivity index (χ4n) is 3.47. The summed E-state index contributed by atoms with van der Waals surface area (Å²) in [5, 5.41) is 3.64. The molecule has 0 aliphatic carbocycles. The monoisotopic (exact) mass is 244 g/mol. The summed E-state index contributed by atoms with van der Waals surface area (Å²) in [7, 11) is 0. The topological polar surface area (TPSA) is 15.3 Å². The first-order valence-electron chi connectivity index (χ1n) is 7.38. The van der Waals surface area contributed by atoms with Crippen LogP contribution in [0.1, 0.15) is 56.2 Å². The Morgan fingerprint density at radius 1 is 1.22 bits per heavy atom. The number of nitrogens with zero attached hydrogens (tertiary/aromatic N) is 1. The lowest BCUT2D eigenvalue weighted by atomic mass is 9.90. The molecule has 0 radical (unpaired) electrons. The van der Waals surface area contributed by atoms with Crippen LogP contribution in [-0.2, 0) is 0 Å². The lowest BCUT2D eigenvalue weighted by Crippen LogP contribution is -2.31. The normalized spacial score (nSPS) is 24.1. The minimum Gasteiger partial charge on any atom is -0.384 e. The van der Waals surface area contributed by atoms with Gasteiger partial charge in [-0.05, 0) is 49.4 Å². The second-order valence-electron chi connectivity index (χ2n) is 5.94. The van der Waals surface area contributed by atoms with Gasteiger partial charge >= 0.3 is 0 Å². The smallest absolute Gasteiger partial charge is 0.0423 e. The summed E-state index contributed by atoms with van der Waals surface area (Å²) in [4.78, 5) is 2.68. The Balaban J connectivity index is 1.97. The summed E-state index contributed by atoms with van der Waals surface area (Å²) in [5.41, 5.74) is 4.45. The van der Waals surface area contributed by atoms with Crippen LogP contribution in [0.5, 0.6) is 0 Å². The SMILES string of the molecule is CC(C)c1cccc2c1NCCC2N1CCCC1. The standard InChI is InChI=1S/C16H24N2/c1-12(2)13-6-5-7-14-15(8-9-17-16(13)14)18-10-3-4-11-18/h5-7,12,15,17H,3-4,8-11H2,1-2H3. The summed E-state index contributed by atoms with van der Waals surface area (Å²) < 4.78 is 0. The maximum absolute atomic E-state index is 3.64. The van der Waals surface area contributed by atoms with E-state index in [1.165, 1.54) is 49.2 Å². The molecule has 1 N–H and O–H groups in total. The van der Waals surface area contributed by atoms with Crippen molar-refractivity contribution >= 4 is 5.69 Å². The van der Waals surface area contributed by atoms with E-state index in [2.05, 4.69) is 42.3 Å². The number of hydrogen-bond donors (Lipinski definition) is 1. The molecule has 0 aromatic heterocycles. The van der Waals surface area contributed by atoms with E-state index in [4.69, 9.17) is 0 Å². The molecule has 1 atom stereocenters. The van der Waals surface area contributed by atoms with E-state index in [1.807, 2.05) is 0 Å². The molecular formula is C16H24N2. The predicted molar refractivity (Wildman–Crippen MR) is 77.2 cm³/mol. The second kappa shape index (κ2) is 4.93. The van der Waals surface area contributed by atoms with E-state index in [0.29, 0.717) is 12.0 Å². The van der Waals surface area contributed by atoms with Gasteiger partial charge in [0.15, 0.2) is 0 Å². The zero-order chi connectivity index (χ0) is 12.5. The highest BCUT2D eigenvalue weighted by Gasteiger charge is 2.28. The van der Waals surface area contributed by atoms with Crippen molar-refractivity contribution in [1.82, 2.24) is 4.90 Å². The largest absolute Gasteiger partial charge is 0.384 e. The molecule has 2 aliphatic heterocycles. The fraction of sp³-hybridized carbons (Fsp3) is 0.625. The number of likely N-dealkylation sites (tertiary alicyclic amines) is 1. The highest BCUT2D eigenvalue weighted by atomic mass is 15.2. The summed E-state index contributed by atoms with van der Waals surface area (Å²) in [6.45, 7) is 8.28. The average molecular weight is 244 g/mol. The van der Waals surface area contributed by atoms with Crippen LogP contribution in [-0.4, -0.2) is 24.5 Å². The zero-order valence-electron chi connectivity index (χ0n) is 11.6. The van der Waals surface area contributed by atoms with Gasteiger partial charge in [-0.25, -0.2) is 0 Å². The molecule has 0 spiro atoms. The molecule has 0 saturated carbocycles. The van der Waals surface area contributed by atoms with E-state index in [-0.39, 0.29) is 0 Å². The molecule has 0 bridgehead atoms. The Morgan fingerprint density at radius 3 is 2.72 bits per heavy atom. The highest BCUT2D eigenvalue weighted by Crippen LogP contribution is 2.39. The van der Waals surface area contributed by atoms with E-state index in [9.17, 15) is 0 Å². The zero-order valence-corrected chi connectivity index (χ0v) is 11.6. The van der Waals surface area contributed by atoms with Crippen molar-refractivity contribution < 1.29 is 0 Å². The molecule has 1 saturated heterocycles. The lowest BCUT2D eigenvalue weighted by molar-refractivity contribution is 0.234. The number of nitrogens with one attached hydrogen (secondary N) is 1. The number of para-hydroxylation sites is 1. The summed E-state index contributed by atoms with van der Waals surface area (Å²) >= 11 is 0. The summed E-state index contributed by atoms with van der Waals surface area (Å²) in [6.07, 6.45) is 4.01. The quantitative estimate of drug-likeness (QED) is 0.852. The molecule has 1 aromatic rings. The van der Waals surface area contributed by atoms with Crippen molar-refractivity contribution in [3.05, 3.63) is 29.3 Å². The lowest BCUT2D eigenvalue weighted by Gasteiger charge is -2.35. The van der Waals surface area contributed by atoms with Gasteiger partial charge in [-0.3, -0.25) is 4.90 Å². The van der Waals surface area contributed by atoms with Crippen LogP contribution < -0.4 is 5.32 Å². The molecular weight excluding hydrogens is 220 g/mol. The third-order valence-electron chi connectivity index (χ3n) is 4.41. The van der Waals surface area contributed by atoms with Crippen LogP contribution in [0.15, 0.2) is 18.2 Å². The van der Waals surface area contributed by atoms with Gasteiger partial charge in [0, 0.05) is 18.3 Å². The van der Waals surface area contributed by atoms with Crippen LogP contribution in [0.2, 0.25) is 0 Å². The van der Waals surface area contributed by atoms with Crippen molar-refractivity contribution in [3.8, 4) is 0 Å². The molecule has 1 aromatic carbocycles. The molecule has 98 valence electrons. The fourth-order valence-corrected chi connectivity index (χ4v) is 3.47. The first-order valence-corrected chi connectivity index (χ1v) is 7.38. The first-order chi connectivity index (χ1) is 8.77. The third kappa shape index (κ3) is 2.03. The van der Waals surface area contributed by atoms with Gasteiger partial charge in [0.1, 0.15) is 0 Å². The van der Waals surface area contributed by atoms with Crippen molar-refractivity contribution in [2.45, 2.75) is 45.1 Å². The second-order valence-corrected chi connectivity index (χ2v) is 5.94. The van der Waals surface area contributed by atoms with Crippen molar-refractivity contribution in [1.29, 1.82) is 0 Å². The van der Waals surface area contributed by atoms with Crippen molar-refractivity contribution in [3.63, 3.8) is 0 Å². The number of rotatable bonds is 2. The van der Waals surface area contributed by atoms with Gasteiger partial charge in [-0.2, -0.15) is 0 Å². The number of anilines is 1. The van der Waals surface area contributed by atoms with E-state index in [0.717, 1.165) is 6.54 Å². The minimum atomic E-state index is 0.602. The van der Waals surface area contributed by atoms with Gasteiger partial charge in [0.05, 0.1) is 0 Å². The van der Waals surface area contributed by atoms with Gasteiger partial charge in [0.25, 0.3) is 0 Å². The Bertz CT molecular complexity index is 419. The Kier molecular flexibility index (Phi) is 3.29. The van der Waals surface area contributed by atoms with Crippen LogP contribution in [0.25, 0.3) is 0 Å². The molecule has 2 aliphatic rings. The summed E-state index contributed by atoms with van der Waals surface area (Å²) in [6, 6.07) is 7.51. The number of hydrogen-bond acceptors (Lipinski definition) is 2. The average Bonchev–Trinajstić information content (AvgIpc) is 2.91. The first kappa shape index (κ1) is 12.0. The number of fused-ring (bicyclic) bond motifs is 1. The van der Waals surface area contributed by atoms with Gasteiger partial charge in [-0.1, -0.05) is 32.0 Å². The van der Waals surface area contributed by atoms with Crippen molar-refractivity contribution in [2.75, 3.05) is 25.0 Å². The van der Waals surface area contributed by atoms with Gasteiger partial charge in [-0.15, -0.1) is 0 Å². The predicted octanol–water partition coefficient (Wildman–Crippen LogP) is 3.76. The molecule has 2 nitrogen and oxygen atoms in total. The number of benzene rings is 1. The molecule has 2 heteroatoms. The molecule has 1 unspecified atom stereocenters. The van der Waals surface area contributed by atoms with E-state index >= 15 is 0 Å². The molecule has 1 fully saturated rings. The minimum absolute atomic E-state index is 0.602. The van der Waals surface area contributed by atoms with Gasteiger partial charge < -0.3 is 5.32 Å². The van der Waals surface area contributed by atoms with Crippen LogP contribution in [0.4, 0.5) is 5.69 Å². The Morgan fingerprint density at radius 2 is 2.00 bits per heavy atom. The van der Waals surface area contributed by atoms with Crippen LogP contribution in [0.3, 0.4) is 0 Å². The van der Waals surface area contributed by atoms with Crippen LogP contribution >= 0.6 is 0 Å². The molecule has 3 rings (SSSR count). The molecule has 2 heterocycles. The maximum atomic E-state index is 3.64. The van der Waals surface area contributed by atoms with Gasteiger partial charge in [0.2, 0.25) is 0 Å². The third-order valence-corrected chi connectivity index (χ3v) is 4.41. The Hall–Kier alpha value is -1.02. The molecule has 18 heavy (non-hydrogen) atoms. The van der Waals surface area contributed by atoms with Crippen LogP contribution in [0, 0.1) is 0 Å². The Labute approximate surface area is 110 Å². The van der Waals surface area contributed by atoms with E-state index < -0.39 is 0 Å².